The molecule has 0 N–H and O–H groups in total. The highest BCUT2D eigenvalue weighted by Crippen LogP contribution is 2.27. The number of sulfonamides is 1. The van der Waals surface area contributed by atoms with E-state index in [9.17, 15) is 16.8 Å². The summed E-state index contributed by atoms with van der Waals surface area (Å²) in [6.45, 7) is 0. The number of benzene rings is 3. The first-order chi connectivity index (χ1) is 13.2. The van der Waals surface area contributed by atoms with Crippen LogP contribution < -0.4 is 4.74 Å². The maximum Gasteiger partial charge on any atom is 0.242 e. The topological polar surface area (TPSA) is 80.8 Å². The summed E-state index contributed by atoms with van der Waals surface area (Å²) in [7, 11) is -4.16. The second kappa shape index (κ2) is 7.75. The molecule has 0 fully saturated rings. The first-order valence-electron chi connectivity index (χ1n) is 8.32. The van der Waals surface area contributed by atoms with Crippen LogP contribution in [0.2, 0.25) is 0 Å². The van der Waals surface area contributed by atoms with Crippen LogP contribution in [0.3, 0.4) is 0 Å². The van der Waals surface area contributed by atoms with Crippen molar-refractivity contribution in [3.8, 4) is 11.5 Å². The van der Waals surface area contributed by atoms with E-state index >= 15 is 0 Å². The minimum atomic E-state index is -3.59. The van der Waals surface area contributed by atoms with Crippen LogP contribution in [0.4, 0.5) is 0 Å². The second-order valence-electron chi connectivity index (χ2n) is 6.15. The fourth-order valence-electron chi connectivity index (χ4n) is 2.45. The third kappa shape index (κ3) is 4.09. The molecule has 6 nitrogen and oxygen atoms in total. The molecule has 0 aliphatic rings. The number of hydrogen-bond acceptors (Lipinski definition) is 5. The van der Waals surface area contributed by atoms with Gasteiger partial charge in [-0.15, -0.1) is 0 Å². The number of ether oxygens (including phenoxy) is 1. The molecule has 0 radical (unpaired) electrons. The third-order valence-corrected chi connectivity index (χ3v) is 7.64. The van der Waals surface area contributed by atoms with Gasteiger partial charge in [0.05, 0.1) is 14.7 Å². The summed E-state index contributed by atoms with van der Waals surface area (Å²) in [5.74, 6) is 0.881. The molecular formula is C20H19NO5S2. The highest BCUT2D eigenvalue weighted by atomic mass is 32.2. The minimum absolute atomic E-state index is 0.161. The Hall–Kier alpha value is -2.68. The molecule has 0 amide bonds. The fraction of sp³-hybridized carbons (Fsp3) is 0.100. The molecule has 3 rings (SSSR count). The van der Waals surface area contributed by atoms with E-state index in [1.54, 1.807) is 54.6 Å². The lowest BCUT2D eigenvalue weighted by molar-refractivity contribution is 0.481. The van der Waals surface area contributed by atoms with Gasteiger partial charge in [-0.25, -0.2) is 21.1 Å². The molecule has 0 unspecified atom stereocenters. The first-order valence-corrected chi connectivity index (χ1v) is 11.2. The van der Waals surface area contributed by atoms with Crippen LogP contribution >= 0.6 is 0 Å². The van der Waals surface area contributed by atoms with Crippen LogP contribution in [0.5, 0.6) is 11.5 Å². The van der Waals surface area contributed by atoms with E-state index in [1.807, 2.05) is 0 Å². The minimum Gasteiger partial charge on any atom is -0.457 e. The van der Waals surface area contributed by atoms with Crippen LogP contribution in [0.25, 0.3) is 0 Å². The van der Waals surface area contributed by atoms with E-state index in [4.69, 9.17) is 4.74 Å². The molecule has 0 aliphatic carbocycles. The molecule has 8 heteroatoms. The van der Waals surface area contributed by atoms with Gasteiger partial charge in [0.25, 0.3) is 0 Å². The Morgan fingerprint density at radius 3 is 1.50 bits per heavy atom. The Morgan fingerprint density at radius 1 is 0.607 bits per heavy atom. The standard InChI is InChI=1S/C20H19NO5S2/c1-21(2)28(24,25)20-14-10-17(11-15-20)26-16-8-12-19(13-9-16)27(22,23)18-6-4-3-5-7-18/h3-15H,1-2H3. The Labute approximate surface area is 165 Å². The number of sulfone groups is 1. The van der Waals surface area contributed by atoms with Gasteiger partial charge in [0, 0.05) is 14.1 Å². The predicted octanol–water partition coefficient (Wildman–Crippen LogP) is 3.56. The van der Waals surface area contributed by atoms with Crippen molar-refractivity contribution >= 4 is 19.9 Å². The van der Waals surface area contributed by atoms with E-state index in [1.165, 1.54) is 38.4 Å². The largest absolute Gasteiger partial charge is 0.457 e. The van der Waals surface area contributed by atoms with Gasteiger partial charge in [0.15, 0.2) is 0 Å². The maximum absolute atomic E-state index is 12.6. The Balaban J connectivity index is 1.78. The van der Waals surface area contributed by atoms with Crippen molar-refractivity contribution in [1.29, 1.82) is 0 Å². The Bertz CT molecular complexity index is 1150. The van der Waals surface area contributed by atoms with Gasteiger partial charge >= 0.3 is 0 Å². The number of nitrogens with zero attached hydrogens (tertiary/aromatic N) is 1. The van der Waals surface area contributed by atoms with E-state index in [0.717, 1.165) is 4.31 Å². The zero-order valence-electron chi connectivity index (χ0n) is 15.3. The molecule has 0 bridgehead atoms. The summed E-state index contributed by atoms with van der Waals surface area (Å²) in [5.41, 5.74) is 0. The van der Waals surface area contributed by atoms with Crippen LogP contribution in [0.1, 0.15) is 0 Å². The molecule has 0 spiro atoms. The smallest absolute Gasteiger partial charge is 0.242 e. The summed E-state index contributed by atoms with van der Waals surface area (Å²) in [4.78, 5) is 0.550. The summed E-state index contributed by atoms with van der Waals surface area (Å²) in [6.07, 6.45) is 0. The highest BCUT2D eigenvalue weighted by Gasteiger charge is 2.18. The molecule has 28 heavy (non-hydrogen) atoms. The molecule has 0 atom stereocenters. The molecule has 0 aromatic heterocycles. The number of hydrogen-bond donors (Lipinski definition) is 0. The number of rotatable bonds is 6. The van der Waals surface area contributed by atoms with Gasteiger partial charge in [0.2, 0.25) is 19.9 Å². The summed E-state index contributed by atoms with van der Waals surface area (Å²) in [6, 6.07) is 20.3. The average molecular weight is 418 g/mol. The van der Waals surface area contributed by atoms with Crippen molar-refractivity contribution in [2.24, 2.45) is 0 Å². The molecule has 0 aliphatic heterocycles. The van der Waals surface area contributed by atoms with Gasteiger partial charge in [-0.1, -0.05) is 18.2 Å². The molecule has 146 valence electrons. The monoisotopic (exact) mass is 417 g/mol. The van der Waals surface area contributed by atoms with E-state index in [0.29, 0.717) is 11.5 Å². The fourth-order valence-corrected chi connectivity index (χ4v) is 4.63. The SMILES string of the molecule is CN(C)S(=O)(=O)c1ccc(Oc2ccc(S(=O)(=O)c3ccccc3)cc2)cc1. The van der Waals surface area contributed by atoms with Crippen molar-refractivity contribution in [2.45, 2.75) is 14.7 Å². The van der Waals surface area contributed by atoms with Gasteiger partial charge in [0.1, 0.15) is 11.5 Å². The molecule has 0 heterocycles. The zero-order chi connectivity index (χ0) is 20.4. The van der Waals surface area contributed by atoms with Crippen LogP contribution in [0, 0.1) is 0 Å². The van der Waals surface area contributed by atoms with Crippen molar-refractivity contribution in [1.82, 2.24) is 4.31 Å². The van der Waals surface area contributed by atoms with E-state index < -0.39 is 19.9 Å². The molecule has 3 aromatic carbocycles. The normalized spacial score (nSPS) is 12.1. The van der Waals surface area contributed by atoms with Crippen LogP contribution in [-0.2, 0) is 19.9 Å². The Morgan fingerprint density at radius 2 is 1.04 bits per heavy atom. The lowest BCUT2D eigenvalue weighted by atomic mass is 10.3. The summed E-state index contributed by atoms with van der Waals surface area (Å²) in [5, 5.41) is 0. The van der Waals surface area contributed by atoms with Crippen molar-refractivity contribution in [2.75, 3.05) is 14.1 Å². The average Bonchev–Trinajstić information content (AvgIpc) is 2.69. The predicted molar refractivity (Wildman–Crippen MR) is 106 cm³/mol. The van der Waals surface area contributed by atoms with E-state index in [2.05, 4.69) is 0 Å². The van der Waals surface area contributed by atoms with Gasteiger partial charge in [-0.05, 0) is 60.7 Å². The maximum atomic E-state index is 12.6. The van der Waals surface area contributed by atoms with Crippen molar-refractivity contribution in [3.63, 3.8) is 0 Å². The summed E-state index contributed by atoms with van der Waals surface area (Å²) >= 11 is 0. The lowest BCUT2D eigenvalue weighted by Gasteiger charge is -2.12. The van der Waals surface area contributed by atoms with Crippen molar-refractivity contribution < 1.29 is 21.6 Å². The first kappa shape index (κ1) is 20.1. The molecule has 0 saturated heterocycles. The molecule has 0 saturated carbocycles. The van der Waals surface area contributed by atoms with Gasteiger partial charge in [-0.3, -0.25) is 0 Å². The molecule has 3 aromatic rings. The van der Waals surface area contributed by atoms with Gasteiger partial charge in [-0.2, -0.15) is 0 Å². The highest BCUT2D eigenvalue weighted by molar-refractivity contribution is 7.91. The third-order valence-electron chi connectivity index (χ3n) is 4.03. The van der Waals surface area contributed by atoms with E-state index in [-0.39, 0.29) is 14.7 Å². The summed E-state index contributed by atoms with van der Waals surface area (Å²) < 4.78 is 56.1. The zero-order valence-corrected chi connectivity index (χ0v) is 16.9. The van der Waals surface area contributed by atoms with Gasteiger partial charge < -0.3 is 4.74 Å². The quantitative estimate of drug-likeness (QED) is 0.613. The molecular weight excluding hydrogens is 398 g/mol. The lowest BCUT2D eigenvalue weighted by Crippen LogP contribution is -2.22. The Kier molecular flexibility index (Phi) is 5.55. The van der Waals surface area contributed by atoms with Crippen molar-refractivity contribution in [3.05, 3.63) is 78.9 Å². The van der Waals surface area contributed by atoms with Crippen LogP contribution in [0.15, 0.2) is 93.5 Å². The second-order valence-corrected chi connectivity index (χ2v) is 10.3. The van der Waals surface area contributed by atoms with Crippen LogP contribution in [-0.4, -0.2) is 35.2 Å².